The number of carbonyl (C=O) groups is 1. The van der Waals surface area contributed by atoms with Crippen molar-refractivity contribution in [1.82, 2.24) is 0 Å². The van der Waals surface area contributed by atoms with E-state index in [1.54, 1.807) is 19.9 Å². The van der Waals surface area contributed by atoms with E-state index in [1.165, 1.54) is 6.08 Å². The van der Waals surface area contributed by atoms with E-state index in [4.69, 9.17) is 0 Å². The number of aliphatic hydroxyl groups excluding tert-OH is 2. The molecule has 0 aromatic carbocycles. The smallest absolute Gasteiger partial charge is 0.161 e. The van der Waals surface area contributed by atoms with Crippen molar-refractivity contribution in [1.29, 1.82) is 0 Å². The van der Waals surface area contributed by atoms with Crippen molar-refractivity contribution < 1.29 is 20.1 Å². The highest BCUT2D eigenvalue weighted by Gasteiger charge is 2.67. The number of carbonyl (C=O) groups excluding carboxylic acids is 1. The Morgan fingerprint density at radius 3 is 2.42 bits per heavy atom. The van der Waals surface area contributed by atoms with Crippen molar-refractivity contribution >= 4 is 5.78 Å². The summed E-state index contributed by atoms with van der Waals surface area (Å²) in [6, 6.07) is 0. The van der Waals surface area contributed by atoms with Gasteiger partial charge in [0.15, 0.2) is 5.78 Å². The molecule has 3 N–H and O–H groups in total. The van der Waals surface area contributed by atoms with E-state index in [0.29, 0.717) is 18.4 Å². The number of aliphatic hydroxyl groups is 3. The number of fused-ring (bicyclic) bond motifs is 3. The molecule has 0 aromatic heterocycles. The molecule has 0 amide bonds. The number of rotatable bonds is 1. The molecule has 0 saturated heterocycles. The Kier molecular flexibility index (Phi) is 3.59. The SMILES string of the molecule is C=C[C@]1(C)C=C2C(O)C(O)[C@H]3C(C)(C)C(=O)C=C[C@]3(C)[C@@]2(O)CC1. The minimum Gasteiger partial charge on any atom is -0.390 e. The zero-order valence-corrected chi connectivity index (χ0v) is 14.9. The predicted octanol–water partition coefficient (Wildman–Crippen LogP) is 2.15. The lowest BCUT2D eigenvalue weighted by Crippen LogP contribution is -2.69. The van der Waals surface area contributed by atoms with E-state index in [-0.39, 0.29) is 11.2 Å². The van der Waals surface area contributed by atoms with Gasteiger partial charge in [0.2, 0.25) is 0 Å². The van der Waals surface area contributed by atoms with Gasteiger partial charge in [-0.2, -0.15) is 0 Å². The maximum Gasteiger partial charge on any atom is 0.161 e. The van der Waals surface area contributed by atoms with Crippen molar-refractivity contribution in [3.05, 3.63) is 36.5 Å². The molecule has 0 aromatic rings. The summed E-state index contributed by atoms with van der Waals surface area (Å²) in [7, 11) is 0. The van der Waals surface area contributed by atoms with Crippen LogP contribution in [-0.4, -0.2) is 38.9 Å². The second-order valence-corrected chi connectivity index (χ2v) is 8.78. The lowest BCUT2D eigenvalue weighted by atomic mass is 9.44. The fourth-order valence-corrected chi connectivity index (χ4v) is 5.23. The first-order valence-corrected chi connectivity index (χ1v) is 8.62. The Labute approximate surface area is 143 Å². The summed E-state index contributed by atoms with van der Waals surface area (Å²) in [5, 5.41) is 33.3. The first-order valence-electron chi connectivity index (χ1n) is 8.62. The molecule has 132 valence electrons. The van der Waals surface area contributed by atoms with Gasteiger partial charge in [0.25, 0.3) is 0 Å². The molecule has 0 bridgehead atoms. The lowest BCUT2D eigenvalue weighted by molar-refractivity contribution is -0.193. The molecule has 3 rings (SSSR count). The maximum absolute atomic E-state index is 12.4. The maximum atomic E-state index is 12.4. The van der Waals surface area contributed by atoms with Crippen LogP contribution in [0.1, 0.15) is 40.5 Å². The highest BCUT2D eigenvalue weighted by atomic mass is 16.3. The molecule has 1 saturated carbocycles. The van der Waals surface area contributed by atoms with Crippen LogP contribution in [-0.2, 0) is 4.79 Å². The van der Waals surface area contributed by atoms with Crippen LogP contribution in [0.25, 0.3) is 0 Å². The number of ketones is 1. The molecule has 3 aliphatic rings. The van der Waals surface area contributed by atoms with Crippen molar-refractivity contribution in [2.75, 3.05) is 0 Å². The molecular weight excluding hydrogens is 304 g/mol. The lowest BCUT2D eigenvalue weighted by Gasteiger charge is -2.63. The zero-order valence-electron chi connectivity index (χ0n) is 14.9. The molecule has 6 atom stereocenters. The van der Waals surface area contributed by atoms with Gasteiger partial charge >= 0.3 is 0 Å². The Morgan fingerprint density at radius 2 is 1.83 bits per heavy atom. The zero-order chi connectivity index (χ0) is 18.1. The van der Waals surface area contributed by atoms with Gasteiger partial charge in [-0.05, 0) is 24.5 Å². The average molecular weight is 332 g/mol. The standard InChI is InChI=1S/C20H28O4/c1-6-18(4)9-10-20(24)12(11-18)14(22)15(23)16-17(2,3)13(21)7-8-19(16,20)5/h6-8,11,14-16,22-24H,1,9-10H2,2-5H3/t14?,15?,16-,18-,19-,20+/m0/s1. The first kappa shape index (κ1) is 17.6. The molecule has 2 unspecified atom stereocenters. The molecule has 0 spiro atoms. The van der Waals surface area contributed by atoms with Gasteiger partial charge in [0.05, 0.1) is 11.7 Å². The number of hydrogen-bond donors (Lipinski definition) is 3. The van der Waals surface area contributed by atoms with Crippen molar-refractivity contribution in [2.45, 2.75) is 58.3 Å². The van der Waals surface area contributed by atoms with Gasteiger partial charge in [0.1, 0.15) is 6.10 Å². The molecular formula is C20H28O4. The van der Waals surface area contributed by atoms with Gasteiger partial charge in [-0.1, -0.05) is 45.9 Å². The van der Waals surface area contributed by atoms with E-state index in [9.17, 15) is 20.1 Å². The Hall–Kier alpha value is -1.23. The van der Waals surface area contributed by atoms with Crippen LogP contribution in [0, 0.1) is 22.2 Å². The van der Waals surface area contributed by atoms with Crippen molar-refractivity contribution in [2.24, 2.45) is 22.2 Å². The van der Waals surface area contributed by atoms with E-state index in [2.05, 4.69) is 6.58 Å². The third kappa shape index (κ3) is 1.94. The van der Waals surface area contributed by atoms with Gasteiger partial charge in [-0.25, -0.2) is 0 Å². The third-order valence-electron chi connectivity index (χ3n) is 6.97. The molecule has 24 heavy (non-hydrogen) atoms. The molecule has 0 heterocycles. The van der Waals surface area contributed by atoms with Gasteiger partial charge in [-0.3, -0.25) is 4.79 Å². The molecule has 3 aliphatic carbocycles. The Bertz CT molecular complexity index is 661. The number of hydrogen-bond acceptors (Lipinski definition) is 4. The largest absolute Gasteiger partial charge is 0.390 e. The van der Waals surface area contributed by atoms with Crippen LogP contribution in [0.15, 0.2) is 36.5 Å². The first-order chi connectivity index (χ1) is 10.9. The monoisotopic (exact) mass is 332 g/mol. The third-order valence-corrected chi connectivity index (χ3v) is 6.97. The van der Waals surface area contributed by atoms with E-state index >= 15 is 0 Å². The Morgan fingerprint density at radius 1 is 1.21 bits per heavy atom. The molecule has 4 nitrogen and oxygen atoms in total. The minimum atomic E-state index is -1.28. The molecule has 1 fully saturated rings. The van der Waals surface area contributed by atoms with Crippen LogP contribution < -0.4 is 0 Å². The summed E-state index contributed by atoms with van der Waals surface area (Å²) in [6.07, 6.45) is 5.79. The summed E-state index contributed by atoms with van der Waals surface area (Å²) in [5.41, 5.74) is -2.83. The summed E-state index contributed by atoms with van der Waals surface area (Å²) < 4.78 is 0. The normalized spacial score (nSPS) is 49.9. The summed E-state index contributed by atoms with van der Waals surface area (Å²) in [4.78, 5) is 12.4. The highest BCUT2D eigenvalue weighted by Crippen LogP contribution is 2.62. The summed E-state index contributed by atoms with van der Waals surface area (Å²) >= 11 is 0. The van der Waals surface area contributed by atoms with Gasteiger partial charge in [0, 0.05) is 22.2 Å². The summed E-state index contributed by atoms with van der Waals surface area (Å²) in [5.74, 6) is -0.647. The molecule has 0 aliphatic heterocycles. The molecule has 0 radical (unpaired) electrons. The van der Waals surface area contributed by atoms with Gasteiger partial charge in [-0.15, -0.1) is 6.58 Å². The minimum absolute atomic E-state index is 0.0843. The van der Waals surface area contributed by atoms with Crippen LogP contribution >= 0.6 is 0 Å². The second kappa shape index (κ2) is 4.90. The van der Waals surface area contributed by atoms with E-state index in [1.807, 2.05) is 26.0 Å². The fraction of sp³-hybridized carbons (Fsp3) is 0.650. The summed E-state index contributed by atoms with van der Waals surface area (Å²) in [6.45, 7) is 11.3. The van der Waals surface area contributed by atoms with Crippen molar-refractivity contribution in [3.63, 3.8) is 0 Å². The van der Waals surface area contributed by atoms with Crippen LogP contribution in [0.3, 0.4) is 0 Å². The topological polar surface area (TPSA) is 77.8 Å². The van der Waals surface area contributed by atoms with E-state index in [0.717, 1.165) is 0 Å². The second-order valence-electron chi connectivity index (χ2n) is 8.78. The highest BCUT2D eigenvalue weighted by molar-refractivity contribution is 5.96. The van der Waals surface area contributed by atoms with E-state index < -0.39 is 34.6 Å². The predicted molar refractivity (Wildman–Crippen MR) is 92.1 cm³/mol. The van der Waals surface area contributed by atoms with Crippen LogP contribution in [0.2, 0.25) is 0 Å². The average Bonchev–Trinajstić information content (AvgIpc) is 2.52. The van der Waals surface area contributed by atoms with Gasteiger partial charge < -0.3 is 15.3 Å². The quantitative estimate of drug-likeness (QED) is 0.643. The molecule has 4 heteroatoms. The van der Waals surface area contributed by atoms with Crippen LogP contribution in [0.4, 0.5) is 0 Å². The fourth-order valence-electron chi connectivity index (χ4n) is 5.23. The Balaban J connectivity index is 2.25. The number of allylic oxidation sites excluding steroid dienone is 3. The van der Waals surface area contributed by atoms with Crippen LogP contribution in [0.5, 0.6) is 0 Å². The van der Waals surface area contributed by atoms with Crippen molar-refractivity contribution in [3.8, 4) is 0 Å².